The van der Waals surface area contributed by atoms with Gasteiger partial charge in [0, 0.05) is 22.3 Å². The van der Waals surface area contributed by atoms with Crippen LogP contribution < -0.4 is 0 Å². The number of nitrogens with zero attached hydrogens (tertiary/aromatic N) is 2. The first-order valence-electron chi connectivity index (χ1n) is 9.83. The Morgan fingerprint density at radius 2 is 1.59 bits per heavy atom. The van der Waals surface area contributed by atoms with Gasteiger partial charge in [-0.25, -0.2) is 0 Å². The van der Waals surface area contributed by atoms with E-state index in [1.807, 2.05) is 24.3 Å². The molecule has 1 fully saturated rings. The van der Waals surface area contributed by atoms with Gasteiger partial charge >= 0.3 is 6.18 Å². The molecule has 4 rings (SSSR count). The van der Waals surface area contributed by atoms with Gasteiger partial charge in [-0.3, -0.25) is 0 Å². The first-order valence-corrected chi connectivity index (χ1v) is 9.83. The number of benzene rings is 2. The van der Waals surface area contributed by atoms with Gasteiger partial charge in [-0.15, -0.1) is 5.10 Å². The highest BCUT2D eigenvalue weighted by atomic mass is 19.4. The van der Waals surface area contributed by atoms with Crippen molar-refractivity contribution in [2.24, 2.45) is 0 Å². The Bertz CT molecular complexity index is 1040. The fraction of sp³-hybridized carbons (Fsp3) is 0.391. The maximum absolute atomic E-state index is 13.0. The van der Waals surface area contributed by atoms with Crippen LogP contribution >= 0.6 is 0 Å². The van der Waals surface area contributed by atoms with Crippen LogP contribution in [-0.2, 0) is 10.9 Å². The predicted octanol–water partition coefficient (Wildman–Crippen LogP) is 6.30. The molecule has 3 nitrogen and oxygen atoms in total. The zero-order chi connectivity index (χ0) is 20.8. The van der Waals surface area contributed by atoms with Crippen molar-refractivity contribution in [1.82, 2.24) is 10.2 Å². The molecule has 152 valence electrons. The lowest BCUT2D eigenvalue weighted by atomic mass is 9.87. The molecule has 1 aliphatic rings. The molecule has 0 saturated carbocycles. The molecule has 0 radical (unpaired) electrons. The highest BCUT2D eigenvalue weighted by molar-refractivity contribution is 5.96. The Morgan fingerprint density at radius 1 is 0.931 bits per heavy atom. The van der Waals surface area contributed by atoms with Gasteiger partial charge in [0.2, 0.25) is 0 Å². The van der Waals surface area contributed by atoms with Crippen molar-refractivity contribution in [3.8, 4) is 11.3 Å². The third kappa shape index (κ3) is 3.86. The number of aromatic nitrogens is 2. The third-order valence-electron chi connectivity index (χ3n) is 5.61. The summed E-state index contributed by atoms with van der Waals surface area (Å²) in [4.78, 5) is 0. The Kier molecular flexibility index (Phi) is 5.07. The lowest BCUT2D eigenvalue weighted by Gasteiger charge is -2.32. The smallest absolute Gasteiger partial charge is 0.376 e. The number of ether oxygens (including phenoxy) is 1. The van der Waals surface area contributed by atoms with Crippen molar-refractivity contribution < 1.29 is 17.9 Å². The van der Waals surface area contributed by atoms with Crippen molar-refractivity contribution >= 4 is 10.8 Å². The molecule has 0 amide bonds. The van der Waals surface area contributed by atoms with Crippen LogP contribution in [0.1, 0.15) is 49.4 Å². The lowest BCUT2D eigenvalue weighted by Crippen LogP contribution is -2.28. The fourth-order valence-corrected chi connectivity index (χ4v) is 4.36. The summed E-state index contributed by atoms with van der Waals surface area (Å²) in [6.07, 6.45) is -2.30. The number of rotatable bonds is 2. The second-order valence-corrected chi connectivity index (χ2v) is 7.93. The molecular weight excluding hydrogens is 377 g/mol. The van der Waals surface area contributed by atoms with Gasteiger partial charge < -0.3 is 4.74 Å². The second kappa shape index (κ2) is 7.41. The summed E-state index contributed by atoms with van der Waals surface area (Å²) in [6, 6.07) is 11.6. The van der Waals surface area contributed by atoms with Gasteiger partial charge in [0.25, 0.3) is 0 Å². The van der Waals surface area contributed by atoms with Gasteiger partial charge in [-0.1, -0.05) is 30.3 Å². The molecule has 3 atom stereocenters. The molecule has 2 aromatic carbocycles. The van der Waals surface area contributed by atoms with E-state index >= 15 is 0 Å². The summed E-state index contributed by atoms with van der Waals surface area (Å²) >= 11 is 0. The average Bonchev–Trinajstić information content (AvgIpc) is 2.66. The quantitative estimate of drug-likeness (QED) is 0.507. The summed E-state index contributed by atoms with van der Waals surface area (Å²) in [6.45, 7) is 5.81. The fourth-order valence-electron chi connectivity index (χ4n) is 4.36. The molecule has 1 aliphatic heterocycles. The van der Waals surface area contributed by atoms with E-state index < -0.39 is 11.7 Å². The van der Waals surface area contributed by atoms with Crippen molar-refractivity contribution in [3.05, 3.63) is 59.3 Å². The third-order valence-corrected chi connectivity index (χ3v) is 5.61. The van der Waals surface area contributed by atoms with Gasteiger partial charge in [-0.2, -0.15) is 18.3 Å². The molecule has 29 heavy (non-hydrogen) atoms. The van der Waals surface area contributed by atoms with Crippen LogP contribution in [0, 0.1) is 6.92 Å². The molecule has 0 aliphatic carbocycles. The second-order valence-electron chi connectivity index (χ2n) is 7.93. The largest absolute Gasteiger partial charge is 0.416 e. The monoisotopic (exact) mass is 400 g/mol. The highest BCUT2D eigenvalue weighted by Crippen LogP contribution is 2.39. The van der Waals surface area contributed by atoms with E-state index in [2.05, 4.69) is 24.0 Å². The van der Waals surface area contributed by atoms with E-state index in [9.17, 15) is 13.2 Å². The number of fused-ring (bicyclic) bond motifs is 1. The minimum absolute atomic E-state index is 0.154. The Balaban J connectivity index is 1.82. The van der Waals surface area contributed by atoms with E-state index in [0.717, 1.165) is 35.4 Å². The molecule has 1 saturated heterocycles. The van der Waals surface area contributed by atoms with Gasteiger partial charge in [0.05, 0.1) is 23.5 Å². The van der Waals surface area contributed by atoms with E-state index in [1.165, 1.54) is 12.1 Å². The molecular formula is C23H23F3N2O. The lowest BCUT2D eigenvalue weighted by molar-refractivity contribution is -0.137. The SMILES string of the molecule is Cc1cc(C(F)(F)F)ccc1-c1nnc(C2CC(C)O[C@@H](C)C2)c2ccccc12. The maximum Gasteiger partial charge on any atom is 0.416 e. The molecule has 0 bridgehead atoms. The van der Waals surface area contributed by atoms with Crippen molar-refractivity contribution in [2.75, 3.05) is 0 Å². The number of alkyl halides is 3. The standard InChI is InChI=1S/C23H23F3N2O/c1-13-10-17(23(24,25)26)8-9-18(13)22-20-7-5-4-6-19(20)21(27-28-22)16-11-14(2)29-15(3)12-16/h4-10,14-16H,11-12H2,1-3H3/t14-,15?,16?/m0/s1. The first-order chi connectivity index (χ1) is 13.7. The molecule has 1 aromatic heterocycles. The van der Waals surface area contributed by atoms with Crippen molar-refractivity contribution in [1.29, 1.82) is 0 Å². The zero-order valence-corrected chi connectivity index (χ0v) is 16.6. The molecule has 0 spiro atoms. The number of hydrogen-bond acceptors (Lipinski definition) is 3. The first kappa shape index (κ1) is 19.8. The van der Waals surface area contributed by atoms with E-state index in [4.69, 9.17) is 4.74 Å². The Labute approximate surface area is 167 Å². The van der Waals surface area contributed by atoms with Crippen LogP contribution in [0.4, 0.5) is 13.2 Å². The van der Waals surface area contributed by atoms with Crippen LogP contribution in [0.25, 0.3) is 22.0 Å². The van der Waals surface area contributed by atoms with Gasteiger partial charge in [0.1, 0.15) is 5.69 Å². The van der Waals surface area contributed by atoms with Crippen LogP contribution in [0.15, 0.2) is 42.5 Å². The number of halogens is 3. The Morgan fingerprint density at radius 3 is 2.21 bits per heavy atom. The molecule has 3 aromatic rings. The maximum atomic E-state index is 13.0. The average molecular weight is 400 g/mol. The summed E-state index contributed by atoms with van der Waals surface area (Å²) in [5, 5.41) is 11.0. The van der Waals surface area contributed by atoms with Crippen LogP contribution in [0.3, 0.4) is 0 Å². The highest BCUT2D eigenvalue weighted by Gasteiger charge is 2.31. The van der Waals surface area contributed by atoms with E-state index in [-0.39, 0.29) is 18.1 Å². The zero-order valence-electron chi connectivity index (χ0n) is 16.6. The molecule has 2 heterocycles. The number of aryl methyl sites for hydroxylation is 1. The number of hydrogen-bond donors (Lipinski definition) is 0. The summed E-state index contributed by atoms with van der Waals surface area (Å²) < 4.78 is 45.0. The minimum Gasteiger partial charge on any atom is -0.376 e. The molecule has 0 N–H and O–H groups in total. The van der Waals surface area contributed by atoms with E-state index in [0.29, 0.717) is 16.8 Å². The predicted molar refractivity (Wildman–Crippen MR) is 107 cm³/mol. The topological polar surface area (TPSA) is 35.0 Å². The van der Waals surface area contributed by atoms with E-state index in [1.54, 1.807) is 6.92 Å². The minimum atomic E-state index is -4.36. The van der Waals surface area contributed by atoms with Crippen molar-refractivity contribution in [2.45, 2.75) is 57.9 Å². The molecule has 6 heteroatoms. The normalized spacial score (nSPS) is 22.8. The van der Waals surface area contributed by atoms with Crippen molar-refractivity contribution in [3.63, 3.8) is 0 Å². The van der Waals surface area contributed by atoms with Crippen LogP contribution in [0.2, 0.25) is 0 Å². The summed E-state index contributed by atoms with van der Waals surface area (Å²) in [5.41, 5.74) is 2.10. The Hall–Kier alpha value is -2.47. The van der Waals surface area contributed by atoms with Crippen LogP contribution in [-0.4, -0.2) is 22.4 Å². The summed E-state index contributed by atoms with van der Waals surface area (Å²) in [7, 11) is 0. The van der Waals surface area contributed by atoms with Gasteiger partial charge in [-0.05, 0) is 51.3 Å². The van der Waals surface area contributed by atoms with Crippen LogP contribution in [0.5, 0.6) is 0 Å². The summed E-state index contributed by atoms with van der Waals surface area (Å²) in [5.74, 6) is 0.244. The van der Waals surface area contributed by atoms with Gasteiger partial charge in [0.15, 0.2) is 0 Å². The molecule has 2 unspecified atom stereocenters.